The average molecular weight is 450 g/mol. The van der Waals surface area contributed by atoms with Crippen LogP contribution in [0.25, 0.3) is 0 Å². The first kappa shape index (κ1) is 21.2. The highest BCUT2D eigenvalue weighted by Gasteiger charge is 2.23. The van der Waals surface area contributed by atoms with Crippen molar-refractivity contribution >= 4 is 35.0 Å². The molecule has 0 aliphatic heterocycles. The van der Waals surface area contributed by atoms with Gasteiger partial charge >= 0.3 is 0 Å². The summed E-state index contributed by atoms with van der Waals surface area (Å²) in [6, 6.07) is 25.4. The number of nitrogens with zero attached hydrogens (tertiary/aromatic N) is 2. The molecular formula is C24H20ClN3O2S. The van der Waals surface area contributed by atoms with Gasteiger partial charge in [-0.25, -0.2) is 0 Å². The van der Waals surface area contributed by atoms with Crippen LogP contribution in [-0.4, -0.2) is 21.9 Å². The third-order valence-electron chi connectivity index (χ3n) is 4.72. The number of carbonyl (C=O) groups excluding carboxylic acids is 1. The van der Waals surface area contributed by atoms with Gasteiger partial charge in [0.05, 0.1) is 11.7 Å². The van der Waals surface area contributed by atoms with Crippen molar-refractivity contribution in [1.82, 2.24) is 10.2 Å². The maximum Gasteiger partial charge on any atom is 0.277 e. The number of halogens is 1. The van der Waals surface area contributed by atoms with Crippen LogP contribution in [0.4, 0.5) is 5.69 Å². The van der Waals surface area contributed by atoms with Crippen LogP contribution in [0.15, 0.2) is 88.5 Å². The first-order valence-corrected chi connectivity index (χ1v) is 11.1. The molecule has 1 aromatic heterocycles. The highest BCUT2D eigenvalue weighted by atomic mass is 35.5. The summed E-state index contributed by atoms with van der Waals surface area (Å²) in [4.78, 5) is 12.3. The second-order valence-electron chi connectivity index (χ2n) is 6.96. The molecule has 0 saturated heterocycles. The van der Waals surface area contributed by atoms with Gasteiger partial charge in [-0.05, 0) is 35.7 Å². The third-order valence-corrected chi connectivity index (χ3v) is 5.94. The molecule has 0 saturated carbocycles. The normalized spacial score (nSPS) is 10.9. The molecule has 0 aliphatic rings. The molecule has 1 N–H and O–H groups in total. The molecule has 0 aliphatic carbocycles. The van der Waals surface area contributed by atoms with E-state index in [0.717, 1.165) is 16.7 Å². The van der Waals surface area contributed by atoms with Gasteiger partial charge in [0.25, 0.3) is 5.22 Å². The van der Waals surface area contributed by atoms with Gasteiger partial charge < -0.3 is 9.73 Å². The molecule has 0 fully saturated rings. The van der Waals surface area contributed by atoms with Crippen molar-refractivity contribution in [1.29, 1.82) is 0 Å². The number of carbonyl (C=O) groups is 1. The summed E-state index contributed by atoms with van der Waals surface area (Å²) in [5.74, 6) is 0.291. The van der Waals surface area contributed by atoms with Crippen LogP contribution in [0.1, 0.15) is 28.5 Å². The maximum atomic E-state index is 12.3. The Hall–Kier alpha value is -3.09. The molecule has 31 heavy (non-hydrogen) atoms. The Morgan fingerprint density at radius 3 is 2.26 bits per heavy atom. The van der Waals surface area contributed by atoms with Gasteiger partial charge in [0, 0.05) is 10.7 Å². The molecule has 3 aromatic carbocycles. The summed E-state index contributed by atoms with van der Waals surface area (Å²) >= 11 is 7.31. The van der Waals surface area contributed by atoms with Crippen molar-refractivity contribution in [2.45, 2.75) is 18.1 Å². The van der Waals surface area contributed by atoms with E-state index in [1.54, 1.807) is 6.07 Å². The van der Waals surface area contributed by atoms with Crippen LogP contribution in [0.3, 0.4) is 0 Å². The van der Waals surface area contributed by atoms with E-state index < -0.39 is 0 Å². The number of rotatable bonds is 7. The zero-order chi connectivity index (χ0) is 21.6. The number of anilines is 1. The molecule has 5 nitrogen and oxygen atoms in total. The smallest absolute Gasteiger partial charge is 0.277 e. The number of hydrogen-bond donors (Lipinski definition) is 1. The summed E-state index contributed by atoms with van der Waals surface area (Å²) in [5, 5.41) is 12.2. The zero-order valence-corrected chi connectivity index (χ0v) is 18.4. The van der Waals surface area contributed by atoms with Crippen molar-refractivity contribution in [3.63, 3.8) is 0 Å². The SMILES string of the molecule is Cc1ccc(NC(=O)CSc2nnc(C(c3ccccc3)c3ccccc3)o2)cc1Cl. The van der Waals surface area contributed by atoms with E-state index in [2.05, 4.69) is 15.5 Å². The third kappa shape index (κ3) is 5.34. The van der Waals surface area contributed by atoms with Gasteiger partial charge in [0.1, 0.15) is 0 Å². The number of amides is 1. The Morgan fingerprint density at radius 2 is 1.65 bits per heavy atom. The fourth-order valence-electron chi connectivity index (χ4n) is 3.16. The van der Waals surface area contributed by atoms with Gasteiger partial charge in [0.2, 0.25) is 11.8 Å². The lowest BCUT2D eigenvalue weighted by Crippen LogP contribution is -2.14. The number of nitrogens with one attached hydrogen (secondary N) is 1. The summed E-state index contributed by atoms with van der Waals surface area (Å²) < 4.78 is 5.93. The fourth-order valence-corrected chi connectivity index (χ4v) is 3.91. The molecule has 1 heterocycles. The van der Waals surface area contributed by atoms with E-state index in [-0.39, 0.29) is 17.6 Å². The zero-order valence-electron chi connectivity index (χ0n) is 16.8. The molecule has 4 rings (SSSR count). The van der Waals surface area contributed by atoms with E-state index in [0.29, 0.717) is 21.8 Å². The lowest BCUT2D eigenvalue weighted by molar-refractivity contribution is -0.113. The molecule has 0 radical (unpaired) electrons. The molecule has 0 bridgehead atoms. The van der Waals surface area contributed by atoms with Crippen LogP contribution < -0.4 is 5.32 Å². The quantitative estimate of drug-likeness (QED) is 0.353. The van der Waals surface area contributed by atoms with E-state index >= 15 is 0 Å². The van der Waals surface area contributed by atoms with E-state index in [9.17, 15) is 4.79 Å². The molecule has 0 unspecified atom stereocenters. The van der Waals surface area contributed by atoms with E-state index in [1.807, 2.05) is 79.7 Å². The molecule has 1 amide bonds. The number of thioether (sulfide) groups is 1. The Bertz CT molecular complexity index is 1130. The average Bonchev–Trinajstić information content (AvgIpc) is 3.25. The van der Waals surface area contributed by atoms with Gasteiger partial charge in [-0.1, -0.05) is 90.1 Å². The highest BCUT2D eigenvalue weighted by Crippen LogP contribution is 2.32. The Morgan fingerprint density at radius 1 is 1.00 bits per heavy atom. The van der Waals surface area contributed by atoms with Crippen LogP contribution >= 0.6 is 23.4 Å². The van der Waals surface area contributed by atoms with Crippen molar-refractivity contribution in [3.05, 3.63) is 106 Å². The second kappa shape index (κ2) is 9.81. The fraction of sp³-hybridized carbons (Fsp3) is 0.125. The monoisotopic (exact) mass is 449 g/mol. The molecule has 156 valence electrons. The minimum absolute atomic E-state index is 0.147. The molecule has 7 heteroatoms. The van der Waals surface area contributed by atoms with Crippen LogP contribution in [-0.2, 0) is 4.79 Å². The highest BCUT2D eigenvalue weighted by molar-refractivity contribution is 7.99. The predicted molar refractivity (Wildman–Crippen MR) is 124 cm³/mol. The van der Waals surface area contributed by atoms with Gasteiger partial charge in [0.15, 0.2) is 0 Å². The van der Waals surface area contributed by atoms with Crippen molar-refractivity contribution in [2.24, 2.45) is 0 Å². The largest absolute Gasteiger partial charge is 0.415 e. The maximum absolute atomic E-state index is 12.3. The van der Waals surface area contributed by atoms with Gasteiger partial charge in [-0.3, -0.25) is 4.79 Å². The molecule has 0 spiro atoms. The molecular weight excluding hydrogens is 430 g/mol. The van der Waals surface area contributed by atoms with Crippen molar-refractivity contribution < 1.29 is 9.21 Å². The van der Waals surface area contributed by atoms with E-state index in [4.69, 9.17) is 16.0 Å². The topological polar surface area (TPSA) is 68.0 Å². The number of hydrogen-bond acceptors (Lipinski definition) is 5. The second-order valence-corrected chi connectivity index (χ2v) is 8.30. The first-order valence-electron chi connectivity index (χ1n) is 9.72. The van der Waals surface area contributed by atoms with E-state index in [1.165, 1.54) is 11.8 Å². The summed E-state index contributed by atoms with van der Waals surface area (Å²) in [6.07, 6.45) is 0. The van der Waals surface area contributed by atoms with Gasteiger partial charge in [-0.15, -0.1) is 10.2 Å². The first-order chi connectivity index (χ1) is 15.1. The summed E-state index contributed by atoms with van der Waals surface area (Å²) in [5.41, 5.74) is 3.73. The van der Waals surface area contributed by atoms with Crippen molar-refractivity contribution in [2.75, 3.05) is 11.1 Å². The predicted octanol–water partition coefficient (Wildman–Crippen LogP) is 5.94. The Labute approximate surface area is 189 Å². The lowest BCUT2D eigenvalue weighted by Gasteiger charge is -2.13. The number of aryl methyl sites for hydroxylation is 1. The molecule has 4 aromatic rings. The number of benzene rings is 3. The molecule has 0 atom stereocenters. The van der Waals surface area contributed by atoms with Crippen LogP contribution in [0, 0.1) is 6.92 Å². The summed E-state index contributed by atoms with van der Waals surface area (Å²) in [7, 11) is 0. The Balaban J connectivity index is 1.46. The summed E-state index contributed by atoms with van der Waals surface area (Å²) in [6.45, 7) is 1.91. The van der Waals surface area contributed by atoms with Crippen LogP contribution in [0.2, 0.25) is 5.02 Å². The van der Waals surface area contributed by atoms with Crippen molar-refractivity contribution in [3.8, 4) is 0 Å². The Kier molecular flexibility index (Phi) is 6.70. The minimum atomic E-state index is -0.174. The number of aromatic nitrogens is 2. The standard InChI is InChI=1S/C24H20ClN3O2S/c1-16-12-13-19(14-20(16)25)26-21(29)15-31-24-28-27-23(30-24)22(17-8-4-2-5-9-17)18-10-6-3-7-11-18/h2-14,22H,15H2,1H3,(H,26,29). The minimum Gasteiger partial charge on any atom is -0.415 e. The van der Waals surface area contributed by atoms with Crippen LogP contribution in [0.5, 0.6) is 0 Å². The lowest BCUT2D eigenvalue weighted by atomic mass is 9.91. The van der Waals surface area contributed by atoms with Gasteiger partial charge in [-0.2, -0.15) is 0 Å².